The number of anilines is 4. The molecule has 0 radical (unpaired) electrons. The van der Waals surface area contributed by atoms with Crippen molar-refractivity contribution in [3.05, 3.63) is 65.7 Å². The van der Waals surface area contributed by atoms with Gasteiger partial charge in [-0.15, -0.1) is 0 Å². The van der Waals surface area contributed by atoms with Crippen LogP contribution in [0.2, 0.25) is 0 Å². The van der Waals surface area contributed by atoms with Crippen molar-refractivity contribution in [1.82, 2.24) is 15.0 Å². The second-order valence-electron chi connectivity index (χ2n) is 6.96. The second-order valence-corrected chi connectivity index (χ2v) is 6.96. The molecular formula is C21H20F3N7. The predicted octanol–water partition coefficient (Wildman–Crippen LogP) is 4.68. The van der Waals surface area contributed by atoms with Crippen molar-refractivity contribution in [2.75, 3.05) is 28.7 Å². The second kappa shape index (κ2) is 8.99. The maximum absolute atomic E-state index is 12.9. The lowest BCUT2D eigenvalue weighted by Crippen LogP contribution is -2.21. The Hall–Kier alpha value is -3.69. The molecule has 0 unspecified atom stereocenters. The number of nitrogens with zero attached hydrogens (tertiary/aromatic N) is 5. The zero-order valence-corrected chi connectivity index (χ0v) is 16.5. The summed E-state index contributed by atoms with van der Waals surface area (Å²) < 4.78 is 38.6. The number of nitrogens with one attached hydrogen (secondary N) is 2. The Balaban J connectivity index is 1.54. The third-order valence-electron chi connectivity index (χ3n) is 4.63. The molecule has 4 rings (SSSR count). The molecule has 0 aliphatic carbocycles. The summed E-state index contributed by atoms with van der Waals surface area (Å²) in [5.41, 5.74) is 3.09. The standard InChI is InChI=1S/C21H20F3N7/c22-21(23,24)16-8-6-7-15(13-16)14-25-30-19-27-18(26-17-9-2-1-3-10-17)28-20(29-19)31-11-4-5-12-31/h1-3,6-10,13-14H,4-5,11-12H2,(H2,26,27,28,29,30). The first kappa shape index (κ1) is 20.6. The molecule has 0 spiro atoms. The molecule has 3 aromatic rings. The molecule has 31 heavy (non-hydrogen) atoms. The van der Waals surface area contributed by atoms with E-state index in [2.05, 4.69) is 35.7 Å². The van der Waals surface area contributed by atoms with Crippen LogP contribution in [-0.4, -0.2) is 34.3 Å². The van der Waals surface area contributed by atoms with E-state index in [1.54, 1.807) is 0 Å². The fourth-order valence-electron chi connectivity index (χ4n) is 3.14. The first-order valence-corrected chi connectivity index (χ1v) is 9.77. The number of hydrazone groups is 1. The first-order valence-electron chi connectivity index (χ1n) is 9.77. The Kier molecular flexibility index (Phi) is 5.96. The lowest BCUT2D eigenvalue weighted by Gasteiger charge is -2.16. The normalized spacial score (nSPS) is 14.2. The maximum Gasteiger partial charge on any atom is 0.416 e. The number of alkyl halides is 3. The summed E-state index contributed by atoms with van der Waals surface area (Å²) in [5, 5.41) is 7.14. The topological polar surface area (TPSA) is 78.3 Å². The quantitative estimate of drug-likeness (QED) is 0.439. The summed E-state index contributed by atoms with van der Waals surface area (Å²) in [6.45, 7) is 1.70. The van der Waals surface area contributed by atoms with Crippen LogP contribution in [0.4, 0.5) is 36.7 Å². The molecule has 160 valence electrons. The Labute approximate surface area is 177 Å². The van der Waals surface area contributed by atoms with E-state index in [1.807, 2.05) is 30.3 Å². The van der Waals surface area contributed by atoms with Gasteiger partial charge in [-0.3, -0.25) is 0 Å². The first-order chi connectivity index (χ1) is 15.0. The average Bonchev–Trinajstić information content (AvgIpc) is 3.29. The van der Waals surface area contributed by atoms with E-state index in [1.165, 1.54) is 18.3 Å². The van der Waals surface area contributed by atoms with Gasteiger partial charge in [0.25, 0.3) is 0 Å². The van der Waals surface area contributed by atoms with Crippen LogP contribution < -0.4 is 15.6 Å². The third-order valence-corrected chi connectivity index (χ3v) is 4.63. The SMILES string of the molecule is FC(F)(F)c1cccc(C=NNc2nc(Nc3ccccc3)nc(N3CCCC3)n2)c1. The summed E-state index contributed by atoms with van der Waals surface area (Å²) in [6.07, 6.45) is -1.000. The highest BCUT2D eigenvalue weighted by molar-refractivity contribution is 5.80. The summed E-state index contributed by atoms with van der Waals surface area (Å²) >= 11 is 0. The summed E-state index contributed by atoms with van der Waals surface area (Å²) in [6, 6.07) is 14.4. The van der Waals surface area contributed by atoms with Gasteiger partial charge in [-0.25, -0.2) is 5.43 Å². The number of halogens is 3. The Morgan fingerprint density at radius 2 is 1.65 bits per heavy atom. The van der Waals surface area contributed by atoms with Gasteiger partial charge in [-0.05, 0) is 42.7 Å². The van der Waals surface area contributed by atoms with Crippen LogP contribution in [0.5, 0.6) is 0 Å². The predicted molar refractivity (Wildman–Crippen MR) is 114 cm³/mol. The van der Waals surface area contributed by atoms with Crippen molar-refractivity contribution in [3.8, 4) is 0 Å². The third kappa shape index (κ3) is 5.47. The van der Waals surface area contributed by atoms with Crippen LogP contribution in [0.15, 0.2) is 59.7 Å². The fourth-order valence-corrected chi connectivity index (χ4v) is 3.14. The van der Waals surface area contributed by atoms with Crippen LogP contribution in [0.25, 0.3) is 0 Å². The van der Waals surface area contributed by atoms with E-state index in [-0.39, 0.29) is 5.95 Å². The highest BCUT2D eigenvalue weighted by Gasteiger charge is 2.30. The minimum atomic E-state index is -4.41. The van der Waals surface area contributed by atoms with Crippen molar-refractivity contribution < 1.29 is 13.2 Å². The van der Waals surface area contributed by atoms with Crippen molar-refractivity contribution in [3.63, 3.8) is 0 Å². The van der Waals surface area contributed by atoms with E-state index in [9.17, 15) is 13.2 Å². The molecule has 0 saturated carbocycles. The van der Waals surface area contributed by atoms with E-state index < -0.39 is 11.7 Å². The smallest absolute Gasteiger partial charge is 0.341 e. The summed E-state index contributed by atoms with van der Waals surface area (Å²) in [5.74, 6) is 1.06. The molecule has 1 saturated heterocycles. The van der Waals surface area contributed by atoms with Crippen molar-refractivity contribution in [2.24, 2.45) is 5.10 Å². The van der Waals surface area contributed by atoms with E-state index in [0.717, 1.165) is 43.8 Å². The summed E-state index contributed by atoms with van der Waals surface area (Å²) in [7, 11) is 0. The largest absolute Gasteiger partial charge is 0.416 e. The zero-order chi connectivity index (χ0) is 21.7. The van der Waals surface area contributed by atoms with E-state index >= 15 is 0 Å². The molecule has 0 atom stereocenters. The van der Waals surface area contributed by atoms with E-state index in [0.29, 0.717) is 17.5 Å². The molecule has 1 aromatic heterocycles. The number of hydrogen-bond acceptors (Lipinski definition) is 7. The Morgan fingerprint density at radius 1 is 0.903 bits per heavy atom. The minimum Gasteiger partial charge on any atom is -0.341 e. The van der Waals surface area contributed by atoms with Crippen LogP contribution in [0.1, 0.15) is 24.0 Å². The van der Waals surface area contributed by atoms with Gasteiger partial charge in [0.1, 0.15) is 0 Å². The van der Waals surface area contributed by atoms with Gasteiger partial charge in [0.15, 0.2) is 0 Å². The van der Waals surface area contributed by atoms with Crippen molar-refractivity contribution in [1.29, 1.82) is 0 Å². The van der Waals surface area contributed by atoms with E-state index in [4.69, 9.17) is 0 Å². The molecule has 7 nitrogen and oxygen atoms in total. The number of hydrogen-bond donors (Lipinski definition) is 2. The van der Waals surface area contributed by atoms with Crippen LogP contribution in [0.3, 0.4) is 0 Å². The molecule has 2 aromatic carbocycles. The van der Waals surface area contributed by atoms with Gasteiger partial charge in [0.2, 0.25) is 17.8 Å². The van der Waals surface area contributed by atoms with Gasteiger partial charge in [-0.2, -0.15) is 33.2 Å². The van der Waals surface area contributed by atoms with Gasteiger partial charge >= 0.3 is 6.18 Å². The van der Waals surface area contributed by atoms with Gasteiger partial charge < -0.3 is 10.2 Å². The van der Waals surface area contributed by atoms with Crippen molar-refractivity contribution in [2.45, 2.75) is 19.0 Å². The lowest BCUT2D eigenvalue weighted by molar-refractivity contribution is -0.137. The van der Waals surface area contributed by atoms with Crippen LogP contribution in [-0.2, 0) is 6.18 Å². The zero-order valence-electron chi connectivity index (χ0n) is 16.5. The number of para-hydroxylation sites is 1. The lowest BCUT2D eigenvalue weighted by atomic mass is 10.1. The molecule has 2 heterocycles. The molecular weight excluding hydrogens is 407 g/mol. The monoisotopic (exact) mass is 427 g/mol. The highest BCUT2D eigenvalue weighted by Crippen LogP contribution is 2.29. The molecule has 0 bridgehead atoms. The molecule has 10 heteroatoms. The Bertz CT molecular complexity index is 1050. The molecule has 0 amide bonds. The van der Waals surface area contributed by atoms with Crippen molar-refractivity contribution >= 4 is 29.7 Å². The molecule has 2 N–H and O–H groups in total. The van der Waals surface area contributed by atoms with Gasteiger partial charge in [-0.1, -0.05) is 30.3 Å². The van der Waals surface area contributed by atoms with Crippen LogP contribution >= 0.6 is 0 Å². The Morgan fingerprint density at radius 3 is 2.39 bits per heavy atom. The minimum absolute atomic E-state index is 0.193. The number of aromatic nitrogens is 3. The summed E-state index contributed by atoms with van der Waals surface area (Å²) in [4.78, 5) is 15.3. The average molecular weight is 427 g/mol. The maximum atomic E-state index is 12.9. The van der Waals surface area contributed by atoms with Gasteiger partial charge in [0, 0.05) is 18.8 Å². The molecule has 1 aliphatic heterocycles. The molecule has 1 fully saturated rings. The fraction of sp³-hybridized carbons (Fsp3) is 0.238. The number of benzene rings is 2. The number of rotatable bonds is 6. The van der Waals surface area contributed by atoms with Gasteiger partial charge in [0.05, 0.1) is 11.8 Å². The highest BCUT2D eigenvalue weighted by atomic mass is 19.4. The molecule has 1 aliphatic rings. The van der Waals surface area contributed by atoms with Crippen LogP contribution in [0, 0.1) is 0 Å².